The van der Waals surface area contributed by atoms with Gasteiger partial charge >= 0.3 is 12.4 Å². The summed E-state index contributed by atoms with van der Waals surface area (Å²) in [6.45, 7) is 4.00. The zero-order valence-corrected chi connectivity index (χ0v) is 27.6. The quantitative estimate of drug-likeness (QED) is 0.172. The molecule has 0 spiro atoms. The van der Waals surface area contributed by atoms with Gasteiger partial charge in [-0.2, -0.15) is 36.9 Å². The molecule has 0 radical (unpaired) electrons. The summed E-state index contributed by atoms with van der Waals surface area (Å²) >= 11 is 0. The van der Waals surface area contributed by atoms with Crippen molar-refractivity contribution in [3.05, 3.63) is 144 Å². The van der Waals surface area contributed by atoms with Crippen molar-refractivity contribution in [1.29, 1.82) is 10.5 Å². The van der Waals surface area contributed by atoms with E-state index in [1.807, 2.05) is 26.0 Å². The first kappa shape index (κ1) is 34.0. The standard InChI is InChI=1S/C40H20F6N4.C2H6/c41-39(42,43)31-15-11-25(19-37(31)49-33-7-3-1-5-27(33)29-13-9-23(21-47)17-35(29)49)26-12-16-32(40(44,45)46)38(20-26)50-34-8-4-2-6-28(34)30-14-10-24(22-48)18-36(30)50;1-2/h1-20H;1-2H3. The van der Waals surface area contributed by atoms with E-state index in [0.717, 1.165) is 12.1 Å². The number of rotatable bonds is 3. The fraction of sp³-hybridized carbons (Fsp3) is 0.0952. The zero-order chi connectivity index (χ0) is 36.9. The molecule has 0 saturated carbocycles. The third kappa shape index (κ3) is 5.50. The van der Waals surface area contributed by atoms with Crippen LogP contribution in [0.2, 0.25) is 0 Å². The molecule has 10 heteroatoms. The highest BCUT2D eigenvalue weighted by atomic mass is 19.4. The Morgan fingerprint density at radius 2 is 0.808 bits per heavy atom. The maximum atomic E-state index is 14.7. The van der Waals surface area contributed by atoms with Crippen molar-refractivity contribution in [2.24, 2.45) is 0 Å². The summed E-state index contributed by atoms with van der Waals surface area (Å²) in [4.78, 5) is 0. The van der Waals surface area contributed by atoms with Gasteiger partial charge in [-0.25, -0.2) is 0 Å². The van der Waals surface area contributed by atoms with E-state index in [1.54, 1.807) is 72.8 Å². The number of halogens is 6. The van der Waals surface area contributed by atoms with E-state index >= 15 is 0 Å². The second kappa shape index (κ2) is 12.7. The number of hydrogen-bond donors (Lipinski definition) is 0. The molecular formula is C42H26F6N4. The minimum absolute atomic E-state index is 0.240. The largest absolute Gasteiger partial charge is 0.418 e. The van der Waals surface area contributed by atoms with Crippen LogP contribution in [0.5, 0.6) is 0 Å². The van der Waals surface area contributed by atoms with E-state index in [0.29, 0.717) is 43.6 Å². The summed E-state index contributed by atoms with van der Waals surface area (Å²) in [6, 6.07) is 34.6. The van der Waals surface area contributed by atoms with Crippen molar-refractivity contribution >= 4 is 43.6 Å². The van der Waals surface area contributed by atoms with Gasteiger partial charge in [-0.05, 0) is 71.8 Å². The number of para-hydroxylation sites is 2. The van der Waals surface area contributed by atoms with Crippen LogP contribution < -0.4 is 0 Å². The van der Waals surface area contributed by atoms with Gasteiger partial charge in [0.1, 0.15) is 0 Å². The maximum Gasteiger partial charge on any atom is 0.418 e. The van der Waals surface area contributed by atoms with Gasteiger partial charge in [0.05, 0.1) is 67.8 Å². The monoisotopic (exact) mass is 700 g/mol. The van der Waals surface area contributed by atoms with Gasteiger partial charge in [0.2, 0.25) is 0 Å². The van der Waals surface area contributed by atoms with Gasteiger partial charge in [0.15, 0.2) is 0 Å². The third-order valence-corrected chi connectivity index (χ3v) is 9.03. The van der Waals surface area contributed by atoms with E-state index in [2.05, 4.69) is 0 Å². The molecule has 6 aromatic carbocycles. The molecule has 2 aromatic heterocycles. The molecule has 8 rings (SSSR count). The summed E-state index contributed by atoms with van der Waals surface area (Å²) in [5.74, 6) is 0. The van der Waals surface area contributed by atoms with E-state index in [1.165, 1.54) is 45.5 Å². The molecule has 0 aliphatic rings. The lowest BCUT2D eigenvalue weighted by molar-refractivity contribution is -0.138. The second-order valence-electron chi connectivity index (χ2n) is 11.9. The number of hydrogen-bond acceptors (Lipinski definition) is 2. The van der Waals surface area contributed by atoms with E-state index in [-0.39, 0.29) is 33.6 Å². The van der Waals surface area contributed by atoms with Crippen LogP contribution in [0.25, 0.3) is 66.1 Å². The summed E-state index contributed by atoms with van der Waals surface area (Å²) in [5.41, 5.74) is 0.274. The average Bonchev–Trinajstić information content (AvgIpc) is 3.66. The maximum absolute atomic E-state index is 14.7. The minimum atomic E-state index is -4.79. The summed E-state index contributed by atoms with van der Waals surface area (Å²) < 4.78 is 91.1. The summed E-state index contributed by atoms with van der Waals surface area (Å²) in [7, 11) is 0. The Morgan fingerprint density at radius 1 is 0.442 bits per heavy atom. The minimum Gasteiger partial charge on any atom is -0.309 e. The van der Waals surface area contributed by atoms with Crippen LogP contribution in [0, 0.1) is 22.7 Å². The topological polar surface area (TPSA) is 57.4 Å². The van der Waals surface area contributed by atoms with Crippen LogP contribution in [-0.2, 0) is 12.4 Å². The average molecular weight is 701 g/mol. The van der Waals surface area contributed by atoms with Crippen LogP contribution in [0.1, 0.15) is 36.1 Å². The lowest BCUT2D eigenvalue weighted by Crippen LogP contribution is -2.12. The summed E-state index contributed by atoms with van der Waals surface area (Å²) in [6.07, 6.45) is -9.57. The van der Waals surface area contributed by atoms with Gasteiger partial charge < -0.3 is 9.13 Å². The highest BCUT2D eigenvalue weighted by molar-refractivity contribution is 6.11. The predicted octanol–water partition coefficient (Wildman–Crippen LogP) is 12.4. The highest BCUT2D eigenvalue weighted by Crippen LogP contribution is 2.43. The first-order chi connectivity index (χ1) is 25.0. The third-order valence-electron chi connectivity index (χ3n) is 9.03. The normalized spacial score (nSPS) is 11.8. The van der Waals surface area contributed by atoms with Crippen LogP contribution in [-0.4, -0.2) is 9.13 Å². The van der Waals surface area contributed by atoms with Crippen molar-refractivity contribution in [3.63, 3.8) is 0 Å². The molecule has 0 amide bonds. The Kier molecular flexibility index (Phi) is 8.27. The van der Waals surface area contributed by atoms with Crippen LogP contribution >= 0.6 is 0 Å². The number of benzene rings is 6. The fourth-order valence-electron chi connectivity index (χ4n) is 6.87. The molecular weight excluding hydrogens is 674 g/mol. The second-order valence-corrected chi connectivity index (χ2v) is 11.9. The van der Waals surface area contributed by atoms with Crippen LogP contribution in [0.3, 0.4) is 0 Å². The Bertz CT molecular complexity index is 2580. The van der Waals surface area contributed by atoms with Crippen molar-refractivity contribution in [3.8, 4) is 34.6 Å². The molecule has 0 fully saturated rings. The SMILES string of the molecule is CC.N#Cc1ccc2c3ccccc3n(-c3cc(-c4ccc(C(F)(F)F)c(-n5c6ccccc6c6ccc(C#N)cc65)c4)ccc3C(F)(F)F)c2c1. The number of fused-ring (bicyclic) bond motifs is 6. The van der Waals surface area contributed by atoms with E-state index in [4.69, 9.17) is 0 Å². The number of nitriles is 2. The van der Waals surface area contributed by atoms with Gasteiger partial charge in [-0.3, -0.25) is 0 Å². The Balaban J connectivity index is 0.00000207. The zero-order valence-electron chi connectivity index (χ0n) is 27.6. The molecule has 0 atom stereocenters. The summed E-state index contributed by atoms with van der Waals surface area (Å²) in [5, 5.41) is 21.9. The van der Waals surface area contributed by atoms with Crippen molar-refractivity contribution in [2.75, 3.05) is 0 Å². The number of alkyl halides is 6. The molecule has 0 saturated heterocycles. The smallest absolute Gasteiger partial charge is 0.309 e. The molecule has 0 unspecified atom stereocenters. The van der Waals surface area contributed by atoms with Crippen LogP contribution in [0.4, 0.5) is 26.3 Å². The molecule has 256 valence electrons. The highest BCUT2D eigenvalue weighted by Gasteiger charge is 2.37. The lowest BCUT2D eigenvalue weighted by atomic mass is 9.98. The first-order valence-corrected chi connectivity index (χ1v) is 16.3. The Morgan fingerprint density at radius 3 is 1.17 bits per heavy atom. The Labute approximate surface area is 293 Å². The Hall–Kier alpha value is -6.52. The first-order valence-electron chi connectivity index (χ1n) is 16.3. The molecule has 0 aliphatic carbocycles. The van der Waals surface area contributed by atoms with Crippen molar-refractivity contribution in [1.82, 2.24) is 9.13 Å². The van der Waals surface area contributed by atoms with E-state index in [9.17, 15) is 36.9 Å². The molecule has 0 N–H and O–H groups in total. The molecule has 52 heavy (non-hydrogen) atoms. The number of aromatic nitrogens is 2. The molecule has 2 heterocycles. The van der Waals surface area contributed by atoms with E-state index < -0.39 is 23.5 Å². The molecule has 4 nitrogen and oxygen atoms in total. The fourth-order valence-corrected chi connectivity index (χ4v) is 6.87. The lowest BCUT2D eigenvalue weighted by Gasteiger charge is -2.20. The predicted molar refractivity (Wildman–Crippen MR) is 191 cm³/mol. The van der Waals surface area contributed by atoms with Gasteiger partial charge in [-0.1, -0.05) is 74.5 Å². The van der Waals surface area contributed by atoms with Crippen molar-refractivity contribution < 1.29 is 26.3 Å². The van der Waals surface area contributed by atoms with Gasteiger partial charge in [0, 0.05) is 21.5 Å². The van der Waals surface area contributed by atoms with Gasteiger partial charge in [0.25, 0.3) is 0 Å². The molecule has 0 bridgehead atoms. The molecule has 0 aliphatic heterocycles. The molecule has 8 aromatic rings. The number of nitrogens with zero attached hydrogens (tertiary/aromatic N) is 4. The van der Waals surface area contributed by atoms with Gasteiger partial charge in [-0.15, -0.1) is 0 Å². The van der Waals surface area contributed by atoms with Crippen molar-refractivity contribution in [2.45, 2.75) is 26.2 Å². The van der Waals surface area contributed by atoms with Crippen LogP contribution in [0.15, 0.2) is 121 Å².